The molecule has 0 bridgehead atoms. The molecule has 0 atom stereocenters. The van der Waals surface area contributed by atoms with Crippen molar-refractivity contribution in [1.82, 2.24) is 0 Å². The summed E-state index contributed by atoms with van der Waals surface area (Å²) in [6.07, 6.45) is 2.35. The quantitative estimate of drug-likeness (QED) is 0.835. The van der Waals surface area contributed by atoms with E-state index in [4.69, 9.17) is 0 Å². The molecule has 6 heteroatoms. The van der Waals surface area contributed by atoms with Crippen LogP contribution >= 0.6 is 0 Å². The Balaban J connectivity index is 1.60. The number of benzene rings is 2. The van der Waals surface area contributed by atoms with Crippen LogP contribution in [-0.2, 0) is 0 Å². The number of hydrogen-bond acceptors (Lipinski definition) is 2. The molecule has 0 spiro atoms. The van der Waals surface area contributed by atoms with Crippen molar-refractivity contribution in [2.24, 2.45) is 5.92 Å². The molecular weight excluding hydrogens is 324 g/mol. The van der Waals surface area contributed by atoms with Gasteiger partial charge in [-0.05, 0) is 55.2 Å². The molecule has 0 aliphatic carbocycles. The van der Waals surface area contributed by atoms with Crippen LogP contribution in [0.5, 0.6) is 0 Å². The number of urea groups is 1. The first-order chi connectivity index (χ1) is 12.0. The molecule has 2 N–H and O–H groups in total. The van der Waals surface area contributed by atoms with Crippen LogP contribution in [0.4, 0.5) is 30.6 Å². The van der Waals surface area contributed by atoms with Crippen molar-refractivity contribution in [2.45, 2.75) is 19.8 Å². The van der Waals surface area contributed by atoms with Gasteiger partial charge >= 0.3 is 6.03 Å². The third kappa shape index (κ3) is 4.26. The fraction of sp³-hybridized carbons (Fsp3) is 0.316. The summed E-state index contributed by atoms with van der Waals surface area (Å²) in [4.78, 5) is 14.3. The minimum Gasteiger partial charge on any atom is -0.372 e. The third-order valence-electron chi connectivity index (χ3n) is 4.48. The van der Waals surface area contributed by atoms with Crippen LogP contribution in [0.3, 0.4) is 0 Å². The number of nitrogens with zero attached hydrogens (tertiary/aromatic N) is 1. The standard InChI is InChI=1S/C19H21F2N3O/c1-13-9-11-24(12-10-13)15-7-5-14(6-8-15)22-19(25)23-18-16(20)3-2-4-17(18)21/h2-8,13H,9-12H2,1H3,(H2,22,23,25). The van der Waals surface area contributed by atoms with Crippen molar-refractivity contribution in [3.63, 3.8) is 0 Å². The molecule has 2 amide bonds. The summed E-state index contributed by atoms with van der Waals surface area (Å²) in [6, 6.07) is 10.2. The summed E-state index contributed by atoms with van der Waals surface area (Å²) in [7, 11) is 0. The van der Waals surface area contributed by atoms with Crippen molar-refractivity contribution in [2.75, 3.05) is 28.6 Å². The van der Waals surface area contributed by atoms with E-state index in [9.17, 15) is 13.6 Å². The Bertz CT molecular complexity index is 721. The van der Waals surface area contributed by atoms with E-state index >= 15 is 0 Å². The van der Waals surface area contributed by atoms with Gasteiger partial charge in [0.2, 0.25) is 0 Å². The van der Waals surface area contributed by atoms with Crippen molar-refractivity contribution in [1.29, 1.82) is 0 Å². The molecule has 2 aromatic carbocycles. The van der Waals surface area contributed by atoms with Crippen molar-refractivity contribution in [3.05, 3.63) is 54.1 Å². The van der Waals surface area contributed by atoms with E-state index < -0.39 is 23.4 Å². The highest BCUT2D eigenvalue weighted by molar-refractivity contribution is 6.00. The van der Waals surface area contributed by atoms with Gasteiger partial charge in [0.05, 0.1) is 0 Å². The molecule has 25 heavy (non-hydrogen) atoms. The summed E-state index contributed by atoms with van der Waals surface area (Å²) >= 11 is 0. The molecule has 3 rings (SSSR count). The van der Waals surface area contributed by atoms with E-state index in [-0.39, 0.29) is 0 Å². The Hall–Kier alpha value is -2.63. The number of anilines is 3. The number of nitrogens with one attached hydrogen (secondary N) is 2. The van der Waals surface area contributed by atoms with E-state index in [0.717, 1.165) is 36.8 Å². The lowest BCUT2D eigenvalue weighted by Gasteiger charge is -2.32. The van der Waals surface area contributed by atoms with Crippen LogP contribution < -0.4 is 15.5 Å². The zero-order valence-corrected chi connectivity index (χ0v) is 14.1. The van der Waals surface area contributed by atoms with Crippen molar-refractivity contribution < 1.29 is 13.6 Å². The average molecular weight is 345 g/mol. The van der Waals surface area contributed by atoms with Crippen LogP contribution in [0.15, 0.2) is 42.5 Å². The second-order valence-corrected chi connectivity index (χ2v) is 6.39. The Morgan fingerprint density at radius 2 is 1.60 bits per heavy atom. The van der Waals surface area contributed by atoms with Gasteiger partial charge < -0.3 is 15.5 Å². The number of piperidine rings is 1. The SMILES string of the molecule is CC1CCN(c2ccc(NC(=O)Nc3c(F)cccc3F)cc2)CC1. The minimum atomic E-state index is -0.815. The molecule has 0 radical (unpaired) electrons. The third-order valence-corrected chi connectivity index (χ3v) is 4.48. The molecule has 1 aliphatic heterocycles. The summed E-state index contributed by atoms with van der Waals surface area (Å²) in [6.45, 7) is 4.32. The minimum absolute atomic E-state index is 0.459. The molecule has 0 unspecified atom stereocenters. The van der Waals surface area contributed by atoms with Gasteiger partial charge in [0.25, 0.3) is 0 Å². The molecule has 1 aliphatic rings. The second-order valence-electron chi connectivity index (χ2n) is 6.39. The number of carbonyl (C=O) groups is 1. The second kappa shape index (κ2) is 7.51. The molecule has 132 valence electrons. The Morgan fingerprint density at radius 1 is 1.00 bits per heavy atom. The van der Waals surface area contributed by atoms with Crippen molar-refractivity contribution in [3.8, 4) is 0 Å². The van der Waals surface area contributed by atoms with Gasteiger partial charge in [-0.1, -0.05) is 13.0 Å². The molecule has 0 aromatic heterocycles. The summed E-state index contributed by atoms with van der Waals surface area (Å²) in [5.74, 6) is -0.866. The van der Waals surface area contributed by atoms with Gasteiger partial charge in [-0.15, -0.1) is 0 Å². The van der Waals surface area contributed by atoms with Gasteiger partial charge in [0, 0.05) is 24.5 Å². The monoisotopic (exact) mass is 345 g/mol. The number of amides is 2. The molecular formula is C19H21F2N3O. The summed E-state index contributed by atoms with van der Waals surface area (Å²) in [5, 5.41) is 4.78. The highest BCUT2D eigenvalue weighted by atomic mass is 19.1. The van der Waals surface area contributed by atoms with Gasteiger partial charge in [-0.2, -0.15) is 0 Å². The molecule has 0 saturated carbocycles. The fourth-order valence-corrected chi connectivity index (χ4v) is 2.92. The predicted molar refractivity (Wildman–Crippen MR) is 96.1 cm³/mol. The normalized spacial score (nSPS) is 15.1. The average Bonchev–Trinajstić information content (AvgIpc) is 2.60. The fourth-order valence-electron chi connectivity index (χ4n) is 2.92. The molecule has 1 saturated heterocycles. The van der Waals surface area contributed by atoms with Crippen LogP contribution in [0.2, 0.25) is 0 Å². The van der Waals surface area contributed by atoms with Crippen LogP contribution in [0.25, 0.3) is 0 Å². The number of rotatable bonds is 3. The Labute approximate surface area is 145 Å². The van der Waals surface area contributed by atoms with Crippen molar-refractivity contribution >= 4 is 23.1 Å². The maximum Gasteiger partial charge on any atom is 0.323 e. The number of hydrogen-bond donors (Lipinski definition) is 2. The van der Waals surface area contributed by atoms with E-state index in [1.54, 1.807) is 12.1 Å². The number of carbonyl (C=O) groups excluding carboxylic acids is 1. The summed E-state index contributed by atoms with van der Waals surface area (Å²) < 4.78 is 27.1. The van der Waals surface area contributed by atoms with Crippen LogP contribution in [0.1, 0.15) is 19.8 Å². The zero-order valence-electron chi connectivity index (χ0n) is 14.1. The summed E-state index contributed by atoms with van der Waals surface area (Å²) in [5.41, 5.74) is 1.21. The molecule has 2 aromatic rings. The van der Waals surface area contributed by atoms with Gasteiger partial charge in [0.1, 0.15) is 17.3 Å². The molecule has 1 heterocycles. The first-order valence-electron chi connectivity index (χ1n) is 8.40. The number of halogens is 2. The predicted octanol–water partition coefficient (Wildman–Crippen LogP) is 4.85. The van der Waals surface area contributed by atoms with E-state index in [1.807, 2.05) is 12.1 Å². The first-order valence-corrected chi connectivity index (χ1v) is 8.40. The lowest BCUT2D eigenvalue weighted by atomic mass is 9.99. The highest BCUT2D eigenvalue weighted by Gasteiger charge is 2.16. The lowest BCUT2D eigenvalue weighted by Crippen LogP contribution is -2.32. The largest absolute Gasteiger partial charge is 0.372 e. The highest BCUT2D eigenvalue weighted by Crippen LogP contribution is 2.24. The Morgan fingerprint density at radius 3 is 2.20 bits per heavy atom. The molecule has 4 nitrogen and oxygen atoms in total. The molecule has 1 fully saturated rings. The van der Waals surface area contributed by atoms with Crippen LogP contribution in [-0.4, -0.2) is 19.1 Å². The first kappa shape index (κ1) is 17.2. The maximum absolute atomic E-state index is 13.5. The number of para-hydroxylation sites is 1. The van der Waals surface area contributed by atoms with E-state index in [0.29, 0.717) is 5.69 Å². The maximum atomic E-state index is 13.5. The topological polar surface area (TPSA) is 44.4 Å². The van der Waals surface area contributed by atoms with Gasteiger partial charge in [0.15, 0.2) is 0 Å². The smallest absolute Gasteiger partial charge is 0.323 e. The van der Waals surface area contributed by atoms with Gasteiger partial charge in [-0.25, -0.2) is 13.6 Å². The van der Waals surface area contributed by atoms with E-state index in [1.165, 1.54) is 18.9 Å². The van der Waals surface area contributed by atoms with E-state index in [2.05, 4.69) is 22.5 Å². The van der Waals surface area contributed by atoms with Crippen LogP contribution in [0, 0.1) is 17.6 Å². The zero-order chi connectivity index (χ0) is 17.8. The van der Waals surface area contributed by atoms with Gasteiger partial charge in [-0.3, -0.25) is 0 Å². The Kier molecular flexibility index (Phi) is 5.16. The lowest BCUT2D eigenvalue weighted by molar-refractivity contribution is 0.262.